The van der Waals surface area contributed by atoms with Gasteiger partial charge in [0.1, 0.15) is 0 Å². The average molecular weight is 380 g/mol. The summed E-state index contributed by atoms with van der Waals surface area (Å²) in [4.78, 5) is 13.8. The molecule has 25 heavy (non-hydrogen) atoms. The van der Waals surface area contributed by atoms with Gasteiger partial charge < -0.3 is 10.0 Å². The molecule has 0 aliphatic carbocycles. The third-order valence-corrected chi connectivity index (χ3v) is 4.27. The van der Waals surface area contributed by atoms with Crippen LogP contribution in [0.5, 0.6) is 0 Å². The third-order valence-electron chi connectivity index (χ3n) is 4.02. The first-order chi connectivity index (χ1) is 11.7. The van der Waals surface area contributed by atoms with Gasteiger partial charge in [-0.1, -0.05) is 50.4 Å². The van der Waals surface area contributed by atoms with Gasteiger partial charge in [0.25, 0.3) is 0 Å². The fourth-order valence-electron chi connectivity index (χ4n) is 2.53. The molecule has 0 fully saturated rings. The molecule has 0 aliphatic heterocycles. The van der Waals surface area contributed by atoms with Crippen LogP contribution in [0.1, 0.15) is 51.2 Å². The molecule has 1 aromatic carbocycles. The van der Waals surface area contributed by atoms with Crippen LogP contribution in [0.15, 0.2) is 24.3 Å². The van der Waals surface area contributed by atoms with E-state index in [1.54, 1.807) is 0 Å². The Balaban J connectivity index is 3.09. The van der Waals surface area contributed by atoms with Crippen LogP contribution in [-0.4, -0.2) is 35.2 Å². The van der Waals surface area contributed by atoms with E-state index in [0.717, 1.165) is 12.8 Å². The zero-order chi connectivity index (χ0) is 19.0. The molecule has 0 spiro atoms. The Morgan fingerprint density at radius 1 is 1.12 bits per heavy atom. The fourth-order valence-corrected chi connectivity index (χ4v) is 2.66. The first-order valence-electron chi connectivity index (χ1n) is 8.51. The minimum Gasteiger partial charge on any atom is -0.387 e. The average Bonchev–Trinajstić information content (AvgIpc) is 2.54. The van der Waals surface area contributed by atoms with Crippen LogP contribution in [-0.2, 0) is 4.79 Å². The molecule has 142 valence electrons. The van der Waals surface area contributed by atoms with Crippen LogP contribution in [0.4, 0.5) is 13.2 Å². The summed E-state index contributed by atoms with van der Waals surface area (Å²) in [6, 6.07) is 5.40. The maximum Gasteiger partial charge on any atom is 0.403 e. The molecule has 0 heterocycles. The topological polar surface area (TPSA) is 40.5 Å². The third kappa shape index (κ3) is 6.51. The van der Waals surface area contributed by atoms with Crippen molar-refractivity contribution in [1.29, 1.82) is 0 Å². The molecule has 0 bridgehead atoms. The molecule has 1 N–H and O–H groups in total. The van der Waals surface area contributed by atoms with Gasteiger partial charge in [-0.25, -0.2) is 0 Å². The number of nitrogens with zero attached hydrogens (tertiary/aromatic N) is 1. The van der Waals surface area contributed by atoms with Crippen molar-refractivity contribution in [3.05, 3.63) is 34.9 Å². The highest BCUT2D eigenvalue weighted by Crippen LogP contribution is 2.38. The predicted molar refractivity (Wildman–Crippen MR) is 92.4 cm³/mol. The molecule has 0 unspecified atom stereocenters. The normalized spacial score (nSPS) is 14.2. The van der Waals surface area contributed by atoms with Gasteiger partial charge >= 0.3 is 6.18 Å². The zero-order valence-electron chi connectivity index (χ0n) is 14.5. The van der Waals surface area contributed by atoms with Gasteiger partial charge in [-0.2, -0.15) is 13.2 Å². The van der Waals surface area contributed by atoms with E-state index in [9.17, 15) is 23.1 Å². The summed E-state index contributed by atoms with van der Waals surface area (Å²) < 4.78 is 40.7. The van der Waals surface area contributed by atoms with Crippen molar-refractivity contribution >= 4 is 17.5 Å². The van der Waals surface area contributed by atoms with Crippen molar-refractivity contribution in [1.82, 2.24) is 4.90 Å². The van der Waals surface area contributed by atoms with Crippen LogP contribution in [0.25, 0.3) is 0 Å². The van der Waals surface area contributed by atoms with E-state index in [2.05, 4.69) is 0 Å². The van der Waals surface area contributed by atoms with Gasteiger partial charge in [0.2, 0.25) is 5.91 Å². The minimum atomic E-state index is -4.84. The summed E-state index contributed by atoms with van der Waals surface area (Å²) in [5, 5.41) is 10.6. The van der Waals surface area contributed by atoms with Crippen molar-refractivity contribution in [2.24, 2.45) is 5.92 Å². The molecule has 0 saturated carbocycles. The molecule has 1 amide bonds. The van der Waals surface area contributed by atoms with Crippen LogP contribution in [0.3, 0.4) is 0 Å². The monoisotopic (exact) mass is 379 g/mol. The van der Waals surface area contributed by atoms with Gasteiger partial charge in [-0.3, -0.25) is 4.79 Å². The molecule has 0 aliphatic rings. The van der Waals surface area contributed by atoms with Gasteiger partial charge in [-0.05, 0) is 30.5 Å². The SMILES string of the molecule is CCCCN(CCCC)C(=O)[C@@H]([C@@H](O)c1ccc(Cl)cc1)C(F)(F)F. The van der Waals surface area contributed by atoms with Crippen molar-refractivity contribution in [2.75, 3.05) is 13.1 Å². The van der Waals surface area contributed by atoms with E-state index >= 15 is 0 Å². The predicted octanol–water partition coefficient (Wildman–Crippen LogP) is 4.98. The summed E-state index contributed by atoms with van der Waals surface area (Å²) in [6.07, 6.45) is -4.02. The summed E-state index contributed by atoms with van der Waals surface area (Å²) in [5.74, 6) is -3.56. The fraction of sp³-hybridized carbons (Fsp3) is 0.611. The molecule has 0 aromatic heterocycles. The maximum atomic E-state index is 13.6. The number of alkyl halides is 3. The van der Waals surface area contributed by atoms with Crippen LogP contribution < -0.4 is 0 Å². The second-order valence-electron chi connectivity index (χ2n) is 6.05. The van der Waals surface area contributed by atoms with E-state index in [4.69, 9.17) is 11.6 Å². The molecule has 0 radical (unpaired) electrons. The lowest BCUT2D eigenvalue weighted by molar-refractivity contribution is -0.208. The largest absolute Gasteiger partial charge is 0.403 e. The Labute approximate surface area is 151 Å². The molecular formula is C18H25ClF3NO2. The van der Waals surface area contributed by atoms with E-state index in [1.165, 1.54) is 29.2 Å². The van der Waals surface area contributed by atoms with Crippen LogP contribution in [0.2, 0.25) is 5.02 Å². The summed E-state index contributed by atoms with van der Waals surface area (Å²) in [5.41, 5.74) is 0.0195. The quantitative estimate of drug-likeness (QED) is 0.657. The highest BCUT2D eigenvalue weighted by atomic mass is 35.5. The Hall–Kier alpha value is -1.27. The smallest absolute Gasteiger partial charge is 0.387 e. The Kier molecular flexibility index (Phi) is 8.73. The molecule has 7 heteroatoms. The summed E-state index contributed by atoms with van der Waals surface area (Å²) >= 11 is 5.73. The second-order valence-corrected chi connectivity index (χ2v) is 6.48. The Morgan fingerprint density at radius 3 is 2.00 bits per heavy atom. The van der Waals surface area contributed by atoms with Gasteiger partial charge in [0.15, 0.2) is 5.92 Å². The van der Waals surface area contributed by atoms with E-state index in [1.807, 2.05) is 13.8 Å². The number of rotatable bonds is 9. The van der Waals surface area contributed by atoms with E-state index < -0.39 is 24.1 Å². The molecule has 0 saturated heterocycles. The van der Waals surface area contributed by atoms with Crippen molar-refractivity contribution in [3.8, 4) is 0 Å². The lowest BCUT2D eigenvalue weighted by Crippen LogP contribution is -2.46. The highest BCUT2D eigenvalue weighted by Gasteiger charge is 2.51. The molecule has 3 nitrogen and oxygen atoms in total. The number of halogens is 4. The number of hydrogen-bond acceptors (Lipinski definition) is 2. The Morgan fingerprint density at radius 2 is 1.60 bits per heavy atom. The van der Waals surface area contributed by atoms with Gasteiger partial charge in [-0.15, -0.1) is 0 Å². The second kappa shape index (κ2) is 10.0. The first-order valence-corrected chi connectivity index (χ1v) is 8.89. The highest BCUT2D eigenvalue weighted by molar-refractivity contribution is 6.30. The zero-order valence-corrected chi connectivity index (χ0v) is 15.3. The standard InChI is InChI=1S/C18H25ClF3NO2/c1-3-5-11-23(12-6-4-2)17(25)15(18(20,21)22)16(24)13-7-9-14(19)10-8-13/h7-10,15-16,24H,3-6,11-12H2,1-2H3/t15-,16+/m1/s1. The number of hydrogen-bond donors (Lipinski definition) is 1. The lowest BCUT2D eigenvalue weighted by Gasteiger charge is -2.31. The number of carbonyl (C=O) groups is 1. The lowest BCUT2D eigenvalue weighted by atomic mass is 9.93. The Bertz CT molecular complexity index is 526. The number of aliphatic hydroxyl groups is 1. The number of aliphatic hydroxyl groups excluding tert-OH is 1. The summed E-state index contributed by atoms with van der Waals surface area (Å²) in [7, 11) is 0. The van der Waals surface area contributed by atoms with Gasteiger partial charge in [0.05, 0.1) is 6.10 Å². The van der Waals surface area contributed by atoms with E-state index in [0.29, 0.717) is 17.9 Å². The number of benzene rings is 1. The number of amides is 1. The first kappa shape index (κ1) is 21.8. The van der Waals surface area contributed by atoms with Gasteiger partial charge in [0, 0.05) is 18.1 Å². The van der Waals surface area contributed by atoms with E-state index in [-0.39, 0.29) is 18.7 Å². The summed E-state index contributed by atoms with van der Waals surface area (Å²) in [6.45, 7) is 4.34. The van der Waals surface area contributed by atoms with Crippen LogP contribution in [0, 0.1) is 5.92 Å². The molecule has 1 aromatic rings. The van der Waals surface area contributed by atoms with Crippen LogP contribution >= 0.6 is 11.6 Å². The molecule has 1 rings (SSSR count). The molecule has 2 atom stereocenters. The van der Waals surface area contributed by atoms with Crippen molar-refractivity contribution in [2.45, 2.75) is 51.8 Å². The van der Waals surface area contributed by atoms with Crippen molar-refractivity contribution in [3.63, 3.8) is 0 Å². The van der Waals surface area contributed by atoms with Crippen molar-refractivity contribution < 1.29 is 23.1 Å². The number of unbranched alkanes of at least 4 members (excludes halogenated alkanes) is 2. The minimum absolute atomic E-state index is 0.0195. The maximum absolute atomic E-state index is 13.6. The molecular weight excluding hydrogens is 355 g/mol. The number of carbonyl (C=O) groups excluding carboxylic acids is 1.